The molecular formula is C13H16N4O. The van der Waals surface area contributed by atoms with E-state index in [1.54, 1.807) is 6.20 Å². The first kappa shape index (κ1) is 10.3. The van der Waals surface area contributed by atoms with Gasteiger partial charge in [0.05, 0.1) is 5.52 Å². The number of imidazole rings is 1. The van der Waals surface area contributed by atoms with E-state index in [0.29, 0.717) is 6.04 Å². The number of pyridine rings is 1. The Kier molecular flexibility index (Phi) is 1.97. The van der Waals surface area contributed by atoms with Gasteiger partial charge in [-0.15, -0.1) is 0 Å². The third-order valence-corrected chi connectivity index (χ3v) is 4.09. The van der Waals surface area contributed by atoms with Crippen molar-refractivity contribution in [3.8, 4) is 0 Å². The van der Waals surface area contributed by atoms with E-state index in [-0.39, 0.29) is 17.8 Å². The van der Waals surface area contributed by atoms with Gasteiger partial charge in [-0.1, -0.05) is 0 Å². The molecule has 2 saturated carbocycles. The summed E-state index contributed by atoms with van der Waals surface area (Å²) in [6, 6.07) is 4.77. The second-order valence-electron chi connectivity index (χ2n) is 5.49. The zero-order valence-electron chi connectivity index (χ0n) is 10.1. The summed E-state index contributed by atoms with van der Waals surface area (Å²) in [5, 5.41) is 0. The molecule has 2 N–H and O–H groups in total. The van der Waals surface area contributed by atoms with Crippen molar-refractivity contribution in [3.05, 3.63) is 28.8 Å². The molecule has 0 radical (unpaired) electrons. The molecule has 2 aromatic rings. The maximum atomic E-state index is 12.6. The van der Waals surface area contributed by atoms with Gasteiger partial charge in [0.1, 0.15) is 0 Å². The van der Waals surface area contributed by atoms with Gasteiger partial charge in [-0.05, 0) is 37.8 Å². The summed E-state index contributed by atoms with van der Waals surface area (Å²) in [5.74, 6) is 0. The Bertz CT molecular complexity index is 661. The first-order valence-corrected chi connectivity index (χ1v) is 6.58. The van der Waals surface area contributed by atoms with Crippen LogP contribution in [0.5, 0.6) is 0 Å². The summed E-state index contributed by atoms with van der Waals surface area (Å²) >= 11 is 0. The van der Waals surface area contributed by atoms with Crippen LogP contribution in [-0.4, -0.2) is 20.2 Å². The summed E-state index contributed by atoms with van der Waals surface area (Å²) in [7, 11) is 0. The van der Waals surface area contributed by atoms with Crippen LogP contribution in [0.3, 0.4) is 0 Å². The van der Waals surface area contributed by atoms with Gasteiger partial charge >= 0.3 is 5.69 Å². The van der Waals surface area contributed by atoms with Gasteiger partial charge in [0, 0.05) is 24.3 Å². The molecule has 0 bridgehead atoms. The lowest BCUT2D eigenvalue weighted by molar-refractivity contribution is 0.264. The van der Waals surface area contributed by atoms with Crippen LogP contribution in [0.1, 0.15) is 37.8 Å². The molecule has 5 nitrogen and oxygen atoms in total. The first-order valence-electron chi connectivity index (χ1n) is 6.58. The molecule has 2 fully saturated rings. The third-order valence-electron chi connectivity index (χ3n) is 4.09. The molecule has 0 saturated heterocycles. The van der Waals surface area contributed by atoms with E-state index in [0.717, 1.165) is 36.8 Å². The molecule has 94 valence electrons. The second-order valence-corrected chi connectivity index (χ2v) is 5.49. The van der Waals surface area contributed by atoms with Gasteiger partial charge in [0.15, 0.2) is 5.65 Å². The molecule has 2 aliphatic carbocycles. The normalized spacial score (nSPS) is 27.4. The van der Waals surface area contributed by atoms with Crippen molar-refractivity contribution < 1.29 is 0 Å². The number of nitrogens with two attached hydrogens (primary N) is 1. The molecule has 0 aromatic carbocycles. The summed E-state index contributed by atoms with van der Waals surface area (Å²) in [5.41, 5.74) is 7.74. The van der Waals surface area contributed by atoms with Gasteiger partial charge in [0.25, 0.3) is 0 Å². The molecule has 2 aliphatic rings. The van der Waals surface area contributed by atoms with E-state index in [9.17, 15) is 4.79 Å². The molecule has 0 unspecified atom stereocenters. The SMILES string of the molecule is N[C@H]1C[C@H](n2c(=O)n(C3CC3)c3cccnc32)C1. The number of fused-ring (bicyclic) bond motifs is 1. The van der Waals surface area contributed by atoms with Crippen LogP contribution in [0.2, 0.25) is 0 Å². The summed E-state index contributed by atoms with van der Waals surface area (Å²) in [6.45, 7) is 0. The van der Waals surface area contributed by atoms with Crippen LogP contribution < -0.4 is 11.4 Å². The lowest BCUT2D eigenvalue weighted by Crippen LogP contribution is -2.41. The van der Waals surface area contributed by atoms with Gasteiger partial charge < -0.3 is 5.73 Å². The number of aromatic nitrogens is 3. The predicted octanol–water partition coefficient (Wildman–Crippen LogP) is 1.20. The van der Waals surface area contributed by atoms with Crippen molar-refractivity contribution in [3.63, 3.8) is 0 Å². The van der Waals surface area contributed by atoms with Crippen molar-refractivity contribution in [1.82, 2.24) is 14.1 Å². The van der Waals surface area contributed by atoms with E-state index in [2.05, 4.69) is 4.98 Å². The Morgan fingerprint density at radius 3 is 2.67 bits per heavy atom. The van der Waals surface area contributed by atoms with Crippen LogP contribution in [0, 0.1) is 0 Å². The largest absolute Gasteiger partial charge is 0.330 e. The van der Waals surface area contributed by atoms with Gasteiger partial charge in [-0.3, -0.25) is 9.13 Å². The van der Waals surface area contributed by atoms with Crippen LogP contribution in [-0.2, 0) is 0 Å². The molecule has 0 aliphatic heterocycles. The highest BCUT2D eigenvalue weighted by atomic mass is 16.2. The molecule has 0 atom stereocenters. The highest BCUT2D eigenvalue weighted by Crippen LogP contribution is 2.38. The standard InChI is InChI=1S/C13H16N4O/c14-8-6-10(7-8)17-12-11(2-1-5-15-12)16(13(17)18)9-3-4-9/h1-2,5,8-10H,3-4,6-7,14H2/t8-,10-. The Labute approximate surface area is 104 Å². The quantitative estimate of drug-likeness (QED) is 0.863. The van der Waals surface area contributed by atoms with E-state index < -0.39 is 0 Å². The number of hydrogen-bond donors (Lipinski definition) is 1. The zero-order valence-corrected chi connectivity index (χ0v) is 10.1. The van der Waals surface area contributed by atoms with Crippen LogP contribution in [0.4, 0.5) is 0 Å². The topological polar surface area (TPSA) is 65.8 Å². The summed E-state index contributed by atoms with van der Waals surface area (Å²) in [4.78, 5) is 17.0. The van der Waals surface area contributed by atoms with E-state index in [4.69, 9.17) is 5.73 Å². The monoisotopic (exact) mass is 244 g/mol. The zero-order chi connectivity index (χ0) is 12.3. The average molecular weight is 244 g/mol. The van der Waals surface area contributed by atoms with E-state index in [1.165, 1.54) is 0 Å². The molecule has 2 heterocycles. The minimum Gasteiger partial charge on any atom is -0.328 e. The van der Waals surface area contributed by atoms with Crippen LogP contribution in [0.25, 0.3) is 11.2 Å². The number of nitrogens with zero attached hydrogens (tertiary/aromatic N) is 3. The summed E-state index contributed by atoms with van der Waals surface area (Å²) in [6.07, 6.45) is 5.75. The Morgan fingerprint density at radius 2 is 2.00 bits per heavy atom. The minimum absolute atomic E-state index is 0.100. The van der Waals surface area contributed by atoms with Gasteiger partial charge in [-0.25, -0.2) is 9.78 Å². The highest BCUT2D eigenvalue weighted by molar-refractivity contribution is 5.72. The fourth-order valence-electron chi connectivity index (χ4n) is 2.93. The van der Waals surface area contributed by atoms with Crippen molar-refractivity contribution >= 4 is 11.2 Å². The van der Waals surface area contributed by atoms with Crippen molar-refractivity contribution in [2.24, 2.45) is 5.73 Å². The van der Waals surface area contributed by atoms with Crippen LogP contribution in [0.15, 0.2) is 23.1 Å². The Balaban J connectivity index is 1.96. The smallest absolute Gasteiger partial charge is 0.328 e. The molecule has 18 heavy (non-hydrogen) atoms. The maximum Gasteiger partial charge on any atom is 0.330 e. The number of hydrogen-bond acceptors (Lipinski definition) is 3. The van der Waals surface area contributed by atoms with Crippen molar-refractivity contribution in [1.29, 1.82) is 0 Å². The minimum atomic E-state index is 0.100. The number of rotatable bonds is 2. The highest BCUT2D eigenvalue weighted by Gasteiger charge is 2.34. The molecule has 2 aromatic heterocycles. The molecular weight excluding hydrogens is 228 g/mol. The van der Waals surface area contributed by atoms with E-state index in [1.807, 2.05) is 21.3 Å². The molecule has 4 rings (SSSR count). The van der Waals surface area contributed by atoms with Crippen molar-refractivity contribution in [2.75, 3.05) is 0 Å². The lowest BCUT2D eigenvalue weighted by atomic mass is 9.87. The van der Waals surface area contributed by atoms with Crippen molar-refractivity contribution in [2.45, 2.75) is 43.8 Å². The average Bonchev–Trinajstić information content (AvgIpc) is 3.10. The Morgan fingerprint density at radius 1 is 1.22 bits per heavy atom. The second kappa shape index (κ2) is 3.45. The fraction of sp³-hybridized carbons (Fsp3) is 0.538. The first-order chi connectivity index (χ1) is 8.75. The Hall–Kier alpha value is -1.62. The predicted molar refractivity (Wildman–Crippen MR) is 68.5 cm³/mol. The van der Waals surface area contributed by atoms with E-state index >= 15 is 0 Å². The summed E-state index contributed by atoms with van der Waals surface area (Å²) < 4.78 is 3.78. The lowest BCUT2D eigenvalue weighted by Gasteiger charge is -2.32. The fourth-order valence-corrected chi connectivity index (χ4v) is 2.93. The molecule has 0 amide bonds. The van der Waals surface area contributed by atoms with Crippen LogP contribution >= 0.6 is 0 Å². The third kappa shape index (κ3) is 1.31. The molecule has 5 heteroatoms. The maximum absolute atomic E-state index is 12.6. The van der Waals surface area contributed by atoms with Gasteiger partial charge in [0.2, 0.25) is 0 Å². The molecule has 0 spiro atoms. The van der Waals surface area contributed by atoms with Gasteiger partial charge in [-0.2, -0.15) is 0 Å².